The van der Waals surface area contributed by atoms with Gasteiger partial charge in [-0.3, -0.25) is 9.59 Å². The molecule has 1 aliphatic heterocycles. The van der Waals surface area contributed by atoms with E-state index in [1.165, 1.54) is 4.90 Å². The van der Waals surface area contributed by atoms with Crippen molar-refractivity contribution in [2.24, 2.45) is 0 Å². The second kappa shape index (κ2) is 12.8. The number of amides is 4. The summed E-state index contributed by atoms with van der Waals surface area (Å²) in [5, 5.41) is 8.58. The lowest BCUT2D eigenvalue weighted by Gasteiger charge is -2.30. The third kappa shape index (κ3) is 6.32. The van der Waals surface area contributed by atoms with Crippen LogP contribution < -0.4 is 20.9 Å². The number of hydrogen-bond acceptors (Lipinski definition) is 5. The number of carbonyl (C=O) groups excluding carboxylic acids is 3. The van der Waals surface area contributed by atoms with Crippen molar-refractivity contribution in [1.29, 1.82) is 0 Å². The van der Waals surface area contributed by atoms with Crippen LogP contribution in [0, 0.1) is 13.8 Å². The lowest BCUT2D eigenvalue weighted by molar-refractivity contribution is -0.138. The van der Waals surface area contributed by atoms with Crippen molar-refractivity contribution in [2.45, 2.75) is 45.9 Å². The van der Waals surface area contributed by atoms with Crippen LogP contribution in [-0.2, 0) is 24.6 Å². The molecule has 3 N–H and O–H groups in total. The number of aryl methyl sites for hydroxylation is 2. The number of hydrogen-bond donors (Lipinski definition) is 3. The van der Waals surface area contributed by atoms with Crippen LogP contribution in [0.15, 0.2) is 72.8 Å². The van der Waals surface area contributed by atoms with Crippen LogP contribution in [-0.4, -0.2) is 43.9 Å². The van der Waals surface area contributed by atoms with Gasteiger partial charge >= 0.3 is 6.03 Å². The zero-order chi connectivity index (χ0) is 28.7. The highest BCUT2D eigenvalue weighted by molar-refractivity contribution is 6.13. The molecule has 0 spiro atoms. The van der Waals surface area contributed by atoms with E-state index in [0.29, 0.717) is 35.8 Å². The van der Waals surface area contributed by atoms with Crippen molar-refractivity contribution in [3.05, 3.63) is 89.5 Å². The third-order valence-corrected chi connectivity index (χ3v) is 6.78. The molecule has 1 heterocycles. The van der Waals surface area contributed by atoms with E-state index in [1.807, 2.05) is 64.1 Å². The number of urea groups is 1. The topological polar surface area (TPSA) is 109 Å². The van der Waals surface area contributed by atoms with Crippen molar-refractivity contribution < 1.29 is 23.9 Å². The Morgan fingerprint density at radius 3 is 2.20 bits per heavy atom. The monoisotopic (exact) mass is 544 g/mol. The van der Waals surface area contributed by atoms with Gasteiger partial charge < -0.3 is 30.3 Å². The maximum atomic E-state index is 14.3. The average Bonchev–Trinajstić information content (AvgIpc) is 3.14. The zero-order valence-corrected chi connectivity index (χ0v) is 23.3. The van der Waals surface area contributed by atoms with Gasteiger partial charge in [-0.25, -0.2) is 4.79 Å². The van der Waals surface area contributed by atoms with Gasteiger partial charge in [0.1, 0.15) is 0 Å². The fourth-order valence-corrected chi connectivity index (χ4v) is 4.86. The number of rotatable bonds is 11. The minimum atomic E-state index is -1.67. The SMILES string of the molecule is CCOC(CN1C(=O)[C@@](CC(=O)Nc2ccccc2C)(NC(=O)Nc2ccc(C)cc2)c2ccccc21)OCC. The van der Waals surface area contributed by atoms with Crippen LogP contribution in [0.1, 0.15) is 37.0 Å². The highest BCUT2D eigenvalue weighted by Gasteiger charge is 2.53. The summed E-state index contributed by atoms with van der Waals surface area (Å²) in [6, 6.07) is 21.2. The van der Waals surface area contributed by atoms with Gasteiger partial charge in [-0.1, -0.05) is 54.1 Å². The first-order valence-corrected chi connectivity index (χ1v) is 13.4. The smallest absolute Gasteiger partial charge is 0.320 e. The molecule has 0 aromatic heterocycles. The molecule has 0 radical (unpaired) electrons. The van der Waals surface area contributed by atoms with E-state index in [2.05, 4.69) is 16.0 Å². The highest BCUT2D eigenvalue weighted by atomic mass is 16.7. The summed E-state index contributed by atoms with van der Waals surface area (Å²) < 4.78 is 11.4. The minimum Gasteiger partial charge on any atom is -0.351 e. The molecule has 1 aliphatic rings. The quantitative estimate of drug-likeness (QED) is 0.291. The molecular weight excluding hydrogens is 508 g/mol. The Balaban J connectivity index is 1.70. The van der Waals surface area contributed by atoms with E-state index in [1.54, 1.807) is 36.4 Å². The normalized spacial score (nSPS) is 16.1. The summed E-state index contributed by atoms with van der Waals surface area (Å²) in [7, 11) is 0. The summed E-state index contributed by atoms with van der Waals surface area (Å²) in [5.74, 6) is -0.863. The van der Waals surface area contributed by atoms with Gasteiger partial charge in [0.2, 0.25) is 5.91 Å². The summed E-state index contributed by atoms with van der Waals surface area (Å²) >= 11 is 0. The molecule has 3 aromatic carbocycles. The summed E-state index contributed by atoms with van der Waals surface area (Å²) in [6.45, 7) is 8.43. The van der Waals surface area contributed by atoms with Crippen LogP contribution in [0.5, 0.6) is 0 Å². The molecule has 0 aliphatic carbocycles. The number of ether oxygens (including phenoxy) is 2. The molecule has 210 valence electrons. The van der Waals surface area contributed by atoms with E-state index in [-0.39, 0.29) is 13.0 Å². The van der Waals surface area contributed by atoms with Crippen molar-refractivity contribution in [3.63, 3.8) is 0 Å². The molecule has 0 saturated heterocycles. The predicted octanol–water partition coefficient (Wildman–Crippen LogP) is 5.09. The van der Waals surface area contributed by atoms with Crippen LogP contribution in [0.25, 0.3) is 0 Å². The van der Waals surface area contributed by atoms with Crippen molar-refractivity contribution in [1.82, 2.24) is 5.32 Å². The van der Waals surface area contributed by atoms with E-state index in [0.717, 1.165) is 11.1 Å². The van der Waals surface area contributed by atoms with Gasteiger partial charge in [0.15, 0.2) is 11.8 Å². The highest BCUT2D eigenvalue weighted by Crippen LogP contribution is 2.43. The van der Waals surface area contributed by atoms with Gasteiger partial charge in [0.25, 0.3) is 5.91 Å². The Labute approximate surface area is 234 Å². The Kier molecular flexibility index (Phi) is 9.19. The second-order valence-electron chi connectivity index (χ2n) is 9.66. The molecular formula is C31H36N4O5. The van der Waals surface area contributed by atoms with E-state index < -0.39 is 29.7 Å². The fourth-order valence-electron chi connectivity index (χ4n) is 4.86. The number of benzene rings is 3. The van der Waals surface area contributed by atoms with Gasteiger partial charge in [-0.05, 0) is 57.5 Å². The first-order valence-electron chi connectivity index (χ1n) is 13.4. The first-order chi connectivity index (χ1) is 19.3. The van der Waals surface area contributed by atoms with Crippen molar-refractivity contribution in [3.8, 4) is 0 Å². The maximum Gasteiger partial charge on any atom is 0.320 e. The van der Waals surface area contributed by atoms with E-state index >= 15 is 0 Å². The minimum absolute atomic E-state index is 0.0972. The van der Waals surface area contributed by atoms with Crippen LogP contribution in [0.4, 0.5) is 21.9 Å². The maximum absolute atomic E-state index is 14.3. The Hall–Kier alpha value is -4.21. The summed E-state index contributed by atoms with van der Waals surface area (Å²) in [5.41, 5.74) is 2.55. The molecule has 9 heteroatoms. The molecule has 0 unspecified atom stereocenters. The molecule has 3 aromatic rings. The van der Waals surface area contributed by atoms with Gasteiger partial charge in [0, 0.05) is 30.2 Å². The summed E-state index contributed by atoms with van der Waals surface area (Å²) in [4.78, 5) is 42.7. The molecule has 40 heavy (non-hydrogen) atoms. The lowest BCUT2D eigenvalue weighted by Crippen LogP contribution is -2.56. The molecule has 1 atom stereocenters. The number of para-hydroxylation sites is 2. The Morgan fingerprint density at radius 2 is 1.52 bits per heavy atom. The average molecular weight is 545 g/mol. The van der Waals surface area contributed by atoms with E-state index in [9.17, 15) is 14.4 Å². The van der Waals surface area contributed by atoms with Crippen LogP contribution >= 0.6 is 0 Å². The number of nitrogens with one attached hydrogen (secondary N) is 3. The zero-order valence-electron chi connectivity index (χ0n) is 23.3. The Bertz CT molecular complexity index is 1350. The summed E-state index contributed by atoms with van der Waals surface area (Å²) in [6.07, 6.45) is -0.992. The largest absolute Gasteiger partial charge is 0.351 e. The first kappa shape index (κ1) is 28.8. The van der Waals surface area contributed by atoms with Crippen LogP contribution in [0.3, 0.4) is 0 Å². The van der Waals surface area contributed by atoms with Crippen LogP contribution in [0.2, 0.25) is 0 Å². The number of fused-ring (bicyclic) bond motifs is 1. The number of anilines is 3. The van der Waals surface area contributed by atoms with Gasteiger partial charge in [-0.2, -0.15) is 0 Å². The lowest BCUT2D eigenvalue weighted by atomic mass is 9.87. The number of carbonyl (C=O) groups is 3. The van der Waals surface area contributed by atoms with Gasteiger partial charge in [-0.15, -0.1) is 0 Å². The fraction of sp³-hybridized carbons (Fsp3) is 0.323. The molecule has 4 rings (SSSR count). The number of nitrogens with zero attached hydrogens (tertiary/aromatic N) is 1. The van der Waals surface area contributed by atoms with E-state index in [4.69, 9.17) is 9.47 Å². The Morgan fingerprint density at radius 1 is 0.875 bits per heavy atom. The van der Waals surface area contributed by atoms with Crippen molar-refractivity contribution >= 4 is 34.9 Å². The standard InChI is InChI=1S/C31H36N4O5/c1-5-39-28(40-6-2)20-35-26-14-10-8-12-24(26)31(29(35)37,19-27(36)33-25-13-9-7-11-22(25)4)34-30(38)32-23-17-15-21(3)16-18-23/h7-18,28H,5-6,19-20H2,1-4H3,(H,33,36)(H2,32,34,38)/t31-/m0/s1. The van der Waals surface area contributed by atoms with Gasteiger partial charge in [0.05, 0.1) is 18.7 Å². The van der Waals surface area contributed by atoms with Crippen molar-refractivity contribution in [2.75, 3.05) is 35.3 Å². The predicted molar refractivity (Wildman–Crippen MR) is 155 cm³/mol. The molecule has 0 bridgehead atoms. The second-order valence-corrected chi connectivity index (χ2v) is 9.66. The third-order valence-electron chi connectivity index (χ3n) is 6.78. The molecule has 4 amide bonds. The molecule has 0 fully saturated rings. The molecule has 9 nitrogen and oxygen atoms in total. The molecule has 0 saturated carbocycles.